The molecular formula is C21H30N6O2. The lowest BCUT2D eigenvalue weighted by molar-refractivity contribution is 0.0317. The Kier molecular flexibility index (Phi) is 7.37. The van der Waals surface area contributed by atoms with Gasteiger partial charge in [0.25, 0.3) is 0 Å². The summed E-state index contributed by atoms with van der Waals surface area (Å²) in [4.78, 5) is 17.8. The Morgan fingerprint density at radius 2 is 2.03 bits per heavy atom. The van der Waals surface area contributed by atoms with Crippen LogP contribution in [0.4, 0.5) is 11.5 Å². The molecule has 0 spiro atoms. The third-order valence-electron chi connectivity index (χ3n) is 4.67. The molecule has 0 radical (unpaired) electrons. The van der Waals surface area contributed by atoms with Crippen molar-refractivity contribution in [1.82, 2.24) is 14.9 Å². The number of aliphatic imine (C=N–C) groups is 1. The quantitative estimate of drug-likeness (QED) is 0.535. The third kappa shape index (κ3) is 6.40. The molecule has 2 N–H and O–H groups in total. The lowest BCUT2D eigenvalue weighted by Gasteiger charge is -2.26. The number of aromatic nitrogens is 2. The van der Waals surface area contributed by atoms with E-state index in [0.29, 0.717) is 24.8 Å². The van der Waals surface area contributed by atoms with Crippen LogP contribution >= 0.6 is 0 Å². The number of nitrogens with zero attached hydrogens (tertiary/aromatic N) is 5. The van der Waals surface area contributed by atoms with Crippen molar-refractivity contribution < 1.29 is 9.47 Å². The van der Waals surface area contributed by atoms with E-state index in [4.69, 9.17) is 15.2 Å². The van der Waals surface area contributed by atoms with Gasteiger partial charge in [-0.2, -0.15) is 9.97 Å². The molecule has 2 heterocycles. The van der Waals surface area contributed by atoms with Crippen molar-refractivity contribution in [1.29, 1.82) is 0 Å². The monoisotopic (exact) mass is 398 g/mol. The van der Waals surface area contributed by atoms with Crippen LogP contribution in [0.25, 0.3) is 0 Å². The van der Waals surface area contributed by atoms with E-state index < -0.39 is 0 Å². The minimum Gasteiger partial charge on any atom is -0.462 e. The van der Waals surface area contributed by atoms with Gasteiger partial charge in [0.05, 0.1) is 25.5 Å². The highest BCUT2D eigenvalue weighted by Crippen LogP contribution is 2.16. The number of rotatable bonds is 8. The van der Waals surface area contributed by atoms with Crippen LogP contribution in [0.15, 0.2) is 29.3 Å². The summed E-state index contributed by atoms with van der Waals surface area (Å²) in [6.07, 6.45) is 1.79. The first-order chi connectivity index (χ1) is 14.0. The number of nitrogens with two attached hydrogens (primary N) is 1. The van der Waals surface area contributed by atoms with Gasteiger partial charge in [0, 0.05) is 57.3 Å². The van der Waals surface area contributed by atoms with Crippen LogP contribution < -0.4 is 15.4 Å². The summed E-state index contributed by atoms with van der Waals surface area (Å²) in [5.74, 6) is 0.793. The average Bonchev–Trinajstić information content (AvgIpc) is 2.71. The van der Waals surface area contributed by atoms with Gasteiger partial charge in [-0.3, -0.25) is 9.89 Å². The first-order valence-corrected chi connectivity index (χ1v) is 9.85. The molecule has 0 atom stereocenters. The van der Waals surface area contributed by atoms with E-state index in [1.807, 2.05) is 50.2 Å². The van der Waals surface area contributed by atoms with Crippen LogP contribution in [-0.2, 0) is 11.3 Å². The zero-order valence-corrected chi connectivity index (χ0v) is 17.5. The molecule has 8 heteroatoms. The Balaban J connectivity index is 1.64. The van der Waals surface area contributed by atoms with Crippen LogP contribution in [-0.4, -0.2) is 74.6 Å². The zero-order valence-electron chi connectivity index (χ0n) is 17.5. The van der Waals surface area contributed by atoms with Gasteiger partial charge in [-0.25, -0.2) is 0 Å². The van der Waals surface area contributed by atoms with E-state index >= 15 is 0 Å². The molecule has 0 unspecified atom stereocenters. The standard InChI is InChI=1S/C21H30N6O2/c1-16-4-5-19(22)17(12-16)14-23-15-18-13-20(26(2)3)25-21(24-18)29-11-8-27-6-9-28-10-7-27/h4-5,12-14H,6-11,15,22H2,1-3H3. The topological polar surface area (TPSA) is 89.1 Å². The fourth-order valence-electron chi connectivity index (χ4n) is 2.97. The van der Waals surface area contributed by atoms with Gasteiger partial charge >= 0.3 is 6.01 Å². The molecule has 29 heavy (non-hydrogen) atoms. The zero-order chi connectivity index (χ0) is 20.6. The number of benzene rings is 1. The van der Waals surface area contributed by atoms with Crippen molar-refractivity contribution in [3.05, 3.63) is 41.1 Å². The van der Waals surface area contributed by atoms with E-state index in [9.17, 15) is 0 Å². The molecule has 1 aliphatic rings. The van der Waals surface area contributed by atoms with Gasteiger partial charge in [-0.05, 0) is 19.1 Å². The molecule has 1 aromatic carbocycles. The minimum absolute atomic E-state index is 0.379. The number of nitrogen functional groups attached to an aromatic ring is 1. The van der Waals surface area contributed by atoms with Gasteiger partial charge < -0.3 is 20.1 Å². The molecule has 156 valence electrons. The second kappa shape index (κ2) is 10.2. The normalized spacial score (nSPS) is 15.0. The highest BCUT2D eigenvalue weighted by molar-refractivity contribution is 5.87. The Bertz CT molecular complexity index is 834. The Hall–Kier alpha value is -2.71. The number of morpholine rings is 1. The SMILES string of the molecule is Cc1ccc(N)c(C=NCc2cc(N(C)C)nc(OCCN3CCOCC3)n2)c1. The van der Waals surface area contributed by atoms with E-state index in [0.717, 1.165) is 55.5 Å². The van der Waals surface area contributed by atoms with Gasteiger partial charge in [-0.15, -0.1) is 0 Å². The summed E-state index contributed by atoms with van der Waals surface area (Å²) in [6, 6.07) is 8.20. The highest BCUT2D eigenvalue weighted by atomic mass is 16.5. The van der Waals surface area contributed by atoms with Gasteiger partial charge in [0.1, 0.15) is 12.4 Å². The Morgan fingerprint density at radius 1 is 1.24 bits per heavy atom. The van der Waals surface area contributed by atoms with Crippen LogP contribution in [0.1, 0.15) is 16.8 Å². The highest BCUT2D eigenvalue weighted by Gasteiger charge is 2.11. The maximum atomic E-state index is 6.02. The molecule has 1 aromatic heterocycles. The van der Waals surface area contributed by atoms with Crippen molar-refractivity contribution in [2.24, 2.45) is 4.99 Å². The predicted molar refractivity (Wildman–Crippen MR) is 116 cm³/mol. The molecule has 8 nitrogen and oxygen atoms in total. The molecule has 0 bridgehead atoms. The lowest BCUT2D eigenvalue weighted by atomic mass is 10.1. The first-order valence-electron chi connectivity index (χ1n) is 9.85. The van der Waals surface area contributed by atoms with Crippen molar-refractivity contribution in [3.63, 3.8) is 0 Å². The van der Waals surface area contributed by atoms with E-state index in [1.54, 1.807) is 6.21 Å². The van der Waals surface area contributed by atoms with Gasteiger partial charge in [-0.1, -0.05) is 11.6 Å². The number of anilines is 2. The summed E-state index contributed by atoms with van der Waals surface area (Å²) >= 11 is 0. The second-order valence-electron chi connectivity index (χ2n) is 7.30. The summed E-state index contributed by atoms with van der Waals surface area (Å²) in [7, 11) is 3.89. The van der Waals surface area contributed by atoms with Crippen LogP contribution in [0.2, 0.25) is 0 Å². The van der Waals surface area contributed by atoms with Crippen LogP contribution in [0.3, 0.4) is 0 Å². The predicted octanol–water partition coefficient (Wildman–Crippen LogP) is 1.76. The molecule has 2 aromatic rings. The second-order valence-corrected chi connectivity index (χ2v) is 7.30. The number of hydrogen-bond donors (Lipinski definition) is 1. The molecule has 0 saturated carbocycles. The van der Waals surface area contributed by atoms with Gasteiger partial charge in [0.2, 0.25) is 0 Å². The van der Waals surface area contributed by atoms with Crippen molar-refractivity contribution >= 4 is 17.7 Å². The molecule has 1 saturated heterocycles. The molecule has 0 aliphatic carbocycles. The maximum absolute atomic E-state index is 6.02. The van der Waals surface area contributed by atoms with E-state index in [1.165, 1.54) is 0 Å². The van der Waals surface area contributed by atoms with Gasteiger partial charge in [0.15, 0.2) is 0 Å². The summed E-state index contributed by atoms with van der Waals surface area (Å²) in [6.45, 7) is 7.26. The van der Waals surface area contributed by atoms with Crippen molar-refractivity contribution in [2.75, 3.05) is 64.2 Å². The molecule has 1 fully saturated rings. The minimum atomic E-state index is 0.379. The van der Waals surface area contributed by atoms with Crippen molar-refractivity contribution in [3.8, 4) is 6.01 Å². The molecule has 0 amide bonds. The number of ether oxygens (including phenoxy) is 2. The third-order valence-corrected chi connectivity index (χ3v) is 4.67. The van der Waals surface area contributed by atoms with Crippen LogP contribution in [0.5, 0.6) is 6.01 Å². The van der Waals surface area contributed by atoms with E-state index in [2.05, 4.69) is 19.9 Å². The number of hydrogen-bond acceptors (Lipinski definition) is 8. The summed E-state index contributed by atoms with van der Waals surface area (Å²) in [5.41, 5.74) is 9.59. The fourth-order valence-corrected chi connectivity index (χ4v) is 2.97. The number of aryl methyl sites for hydroxylation is 1. The first kappa shape index (κ1) is 21.0. The Morgan fingerprint density at radius 3 is 2.79 bits per heavy atom. The summed E-state index contributed by atoms with van der Waals surface area (Å²) < 4.78 is 11.2. The molecule has 1 aliphatic heterocycles. The lowest BCUT2D eigenvalue weighted by Crippen LogP contribution is -2.38. The molecular weight excluding hydrogens is 368 g/mol. The maximum Gasteiger partial charge on any atom is 0.318 e. The van der Waals surface area contributed by atoms with Crippen LogP contribution in [0, 0.1) is 6.92 Å². The molecule has 3 rings (SSSR count). The fraction of sp³-hybridized carbons (Fsp3) is 0.476. The largest absolute Gasteiger partial charge is 0.462 e. The summed E-state index contributed by atoms with van der Waals surface area (Å²) in [5, 5.41) is 0. The van der Waals surface area contributed by atoms with E-state index in [-0.39, 0.29) is 0 Å². The smallest absolute Gasteiger partial charge is 0.318 e. The van der Waals surface area contributed by atoms with Crippen molar-refractivity contribution in [2.45, 2.75) is 13.5 Å². The average molecular weight is 399 g/mol. The Labute approximate surface area is 172 Å².